The van der Waals surface area contributed by atoms with Crippen LogP contribution in [0.25, 0.3) is 5.65 Å². The molecular weight excluding hydrogens is 366 g/mol. The topological polar surface area (TPSA) is 78.7 Å². The van der Waals surface area contributed by atoms with Gasteiger partial charge in [-0.15, -0.1) is 10.2 Å². The van der Waals surface area contributed by atoms with E-state index in [4.69, 9.17) is 0 Å². The van der Waals surface area contributed by atoms with Gasteiger partial charge in [-0.3, -0.25) is 19.1 Å². The van der Waals surface area contributed by atoms with E-state index in [1.807, 2.05) is 28.8 Å². The average Bonchev–Trinajstić information content (AvgIpc) is 3.15. The summed E-state index contributed by atoms with van der Waals surface area (Å²) in [5.41, 5.74) is 2.30. The van der Waals surface area contributed by atoms with Gasteiger partial charge in [0.05, 0.1) is 11.6 Å². The molecule has 1 atom stereocenters. The van der Waals surface area contributed by atoms with Crippen molar-refractivity contribution in [3.8, 4) is 0 Å². The van der Waals surface area contributed by atoms with Crippen LogP contribution in [0.4, 0.5) is 0 Å². The summed E-state index contributed by atoms with van der Waals surface area (Å²) in [6, 6.07) is 7.98. The molecule has 1 unspecified atom stereocenters. The summed E-state index contributed by atoms with van der Waals surface area (Å²) < 4.78 is 1.96. The third kappa shape index (κ3) is 4.13. The van der Waals surface area contributed by atoms with Crippen molar-refractivity contribution in [2.45, 2.75) is 32.5 Å². The van der Waals surface area contributed by atoms with E-state index in [2.05, 4.69) is 51.2 Å². The summed E-state index contributed by atoms with van der Waals surface area (Å²) in [7, 11) is 2.13. The van der Waals surface area contributed by atoms with Gasteiger partial charge >= 0.3 is 0 Å². The Morgan fingerprint density at radius 1 is 1.24 bits per heavy atom. The summed E-state index contributed by atoms with van der Waals surface area (Å²) in [4.78, 5) is 21.5. The van der Waals surface area contributed by atoms with E-state index >= 15 is 0 Å². The normalized spacial score (nSPS) is 18.4. The molecule has 29 heavy (non-hydrogen) atoms. The van der Waals surface area contributed by atoms with Crippen LogP contribution in [0.2, 0.25) is 0 Å². The number of rotatable bonds is 5. The Labute approximate surface area is 170 Å². The van der Waals surface area contributed by atoms with E-state index in [1.54, 1.807) is 18.5 Å². The fourth-order valence-corrected chi connectivity index (χ4v) is 3.84. The molecule has 4 rings (SSSR count). The Morgan fingerprint density at radius 3 is 2.86 bits per heavy atom. The number of nitrogens with zero attached hydrogens (tertiary/aromatic N) is 6. The summed E-state index contributed by atoms with van der Waals surface area (Å²) >= 11 is 0. The summed E-state index contributed by atoms with van der Waals surface area (Å²) in [6.07, 6.45) is 5.31. The molecule has 0 bridgehead atoms. The van der Waals surface area contributed by atoms with E-state index in [9.17, 15) is 4.79 Å². The third-order valence-corrected chi connectivity index (χ3v) is 5.45. The smallest absolute Gasteiger partial charge is 0.253 e. The third-order valence-electron chi connectivity index (χ3n) is 5.45. The Balaban J connectivity index is 1.59. The molecule has 0 aromatic carbocycles. The largest absolute Gasteiger partial charge is 0.348 e. The highest BCUT2D eigenvalue weighted by Gasteiger charge is 2.31. The zero-order valence-corrected chi connectivity index (χ0v) is 17.1. The number of carbonyl (C=O) groups is 1. The van der Waals surface area contributed by atoms with Crippen LogP contribution in [0.15, 0.2) is 42.9 Å². The lowest BCUT2D eigenvalue weighted by molar-refractivity contribution is 0.0586. The monoisotopic (exact) mass is 393 g/mol. The Kier molecular flexibility index (Phi) is 5.55. The maximum absolute atomic E-state index is 12.7. The second-order valence-electron chi connectivity index (χ2n) is 7.86. The lowest BCUT2D eigenvalue weighted by Gasteiger charge is -2.41. The van der Waals surface area contributed by atoms with E-state index in [0.717, 1.165) is 36.7 Å². The number of carbonyl (C=O) groups excluding carboxylic acids is 1. The molecule has 0 saturated carbocycles. The first-order valence-corrected chi connectivity index (χ1v) is 9.99. The van der Waals surface area contributed by atoms with Gasteiger partial charge < -0.3 is 10.2 Å². The number of hydrogen-bond donors (Lipinski definition) is 1. The van der Waals surface area contributed by atoms with Gasteiger partial charge in [-0.1, -0.05) is 6.07 Å². The molecule has 0 aliphatic carbocycles. The minimum Gasteiger partial charge on any atom is -0.348 e. The van der Waals surface area contributed by atoms with Gasteiger partial charge in [-0.25, -0.2) is 0 Å². The minimum absolute atomic E-state index is 0.128. The van der Waals surface area contributed by atoms with Gasteiger partial charge in [0, 0.05) is 50.8 Å². The van der Waals surface area contributed by atoms with Crippen molar-refractivity contribution in [1.82, 2.24) is 34.7 Å². The molecule has 8 heteroatoms. The molecule has 1 saturated heterocycles. The zero-order valence-electron chi connectivity index (χ0n) is 17.1. The average molecular weight is 393 g/mol. The van der Waals surface area contributed by atoms with E-state index in [-0.39, 0.29) is 11.9 Å². The molecule has 3 aromatic heterocycles. The Bertz CT molecular complexity index is 985. The molecule has 1 aliphatic heterocycles. The minimum atomic E-state index is -0.128. The number of likely N-dealkylation sites (N-methyl/N-ethyl adjacent to an activating group) is 1. The van der Waals surface area contributed by atoms with E-state index in [0.29, 0.717) is 18.2 Å². The van der Waals surface area contributed by atoms with Crippen molar-refractivity contribution < 1.29 is 4.79 Å². The van der Waals surface area contributed by atoms with Crippen LogP contribution in [0.3, 0.4) is 0 Å². The lowest BCUT2D eigenvalue weighted by Crippen LogP contribution is -2.50. The van der Waals surface area contributed by atoms with Crippen LogP contribution >= 0.6 is 0 Å². The van der Waals surface area contributed by atoms with Crippen LogP contribution in [0.1, 0.15) is 41.6 Å². The number of nitrogens with one attached hydrogen (secondary N) is 1. The molecule has 1 fully saturated rings. The molecule has 4 heterocycles. The standard InChI is InChI=1S/C21H27N7O/c1-15(2)27-10-9-26(3)14-18(27)20-25-24-19-7-6-17(13-28(19)20)21(29)23-12-16-5-4-8-22-11-16/h4-8,11,13,15,18H,9-10,12,14H2,1-3H3,(H,23,29). The SMILES string of the molecule is CC(C)N1CCN(C)CC1c1nnc2ccc(C(=O)NCc3cccnc3)cn12. The lowest BCUT2D eigenvalue weighted by atomic mass is 10.1. The highest BCUT2D eigenvalue weighted by atomic mass is 16.1. The van der Waals surface area contributed by atoms with Crippen LogP contribution in [-0.4, -0.2) is 68.0 Å². The highest BCUT2D eigenvalue weighted by molar-refractivity contribution is 5.94. The number of piperazine rings is 1. The zero-order chi connectivity index (χ0) is 20.4. The van der Waals surface area contributed by atoms with Crippen molar-refractivity contribution in [2.75, 3.05) is 26.7 Å². The molecule has 1 N–H and O–H groups in total. The van der Waals surface area contributed by atoms with Gasteiger partial charge in [0.15, 0.2) is 11.5 Å². The number of amides is 1. The van der Waals surface area contributed by atoms with Gasteiger partial charge in [0.1, 0.15) is 0 Å². The van der Waals surface area contributed by atoms with Crippen molar-refractivity contribution in [3.63, 3.8) is 0 Å². The van der Waals surface area contributed by atoms with Crippen LogP contribution in [0, 0.1) is 0 Å². The first-order chi connectivity index (χ1) is 14.0. The molecule has 0 spiro atoms. The van der Waals surface area contributed by atoms with Gasteiger partial charge in [-0.05, 0) is 44.7 Å². The Hall–Kier alpha value is -2.84. The number of pyridine rings is 2. The van der Waals surface area contributed by atoms with Crippen LogP contribution in [-0.2, 0) is 6.54 Å². The maximum atomic E-state index is 12.7. The first-order valence-electron chi connectivity index (χ1n) is 9.99. The van der Waals surface area contributed by atoms with E-state index in [1.165, 1.54) is 0 Å². The fourth-order valence-electron chi connectivity index (χ4n) is 3.84. The second-order valence-corrected chi connectivity index (χ2v) is 7.86. The molecular formula is C21H27N7O. The molecule has 1 amide bonds. The highest BCUT2D eigenvalue weighted by Crippen LogP contribution is 2.26. The van der Waals surface area contributed by atoms with Gasteiger partial charge in [-0.2, -0.15) is 0 Å². The molecule has 3 aromatic rings. The fraction of sp³-hybridized carbons (Fsp3) is 0.429. The predicted molar refractivity (Wildman–Crippen MR) is 110 cm³/mol. The van der Waals surface area contributed by atoms with Gasteiger partial charge in [0.25, 0.3) is 5.91 Å². The van der Waals surface area contributed by atoms with Crippen molar-refractivity contribution in [1.29, 1.82) is 0 Å². The number of hydrogen-bond acceptors (Lipinski definition) is 6. The van der Waals surface area contributed by atoms with Crippen molar-refractivity contribution in [2.24, 2.45) is 0 Å². The molecule has 1 aliphatic rings. The summed E-state index contributed by atoms with van der Waals surface area (Å²) in [6.45, 7) is 7.76. The van der Waals surface area contributed by atoms with Crippen LogP contribution < -0.4 is 5.32 Å². The van der Waals surface area contributed by atoms with E-state index < -0.39 is 0 Å². The predicted octanol–water partition coefficient (Wildman–Crippen LogP) is 1.75. The molecule has 152 valence electrons. The van der Waals surface area contributed by atoms with Crippen LogP contribution in [0.5, 0.6) is 0 Å². The maximum Gasteiger partial charge on any atom is 0.253 e. The second kappa shape index (κ2) is 8.26. The first kappa shape index (κ1) is 19.5. The molecule has 8 nitrogen and oxygen atoms in total. The quantitative estimate of drug-likeness (QED) is 0.712. The Morgan fingerprint density at radius 2 is 2.10 bits per heavy atom. The number of aromatic nitrogens is 4. The molecule has 0 radical (unpaired) electrons. The summed E-state index contributed by atoms with van der Waals surface area (Å²) in [5, 5.41) is 11.8. The van der Waals surface area contributed by atoms with Crippen molar-refractivity contribution >= 4 is 11.6 Å². The number of fused-ring (bicyclic) bond motifs is 1. The van der Waals surface area contributed by atoms with Crippen molar-refractivity contribution in [3.05, 3.63) is 59.8 Å². The summed E-state index contributed by atoms with van der Waals surface area (Å²) in [5.74, 6) is 0.749. The van der Waals surface area contributed by atoms with Gasteiger partial charge in [0.2, 0.25) is 0 Å².